The second kappa shape index (κ2) is 12.3. The lowest BCUT2D eigenvalue weighted by atomic mass is 10.0. The van der Waals surface area contributed by atoms with E-state index in [-0.39, 0.29) is 11.6 Å². The molecule has 0 aliphatic carbocycles. The molecule has 0 unspecified atom stereocenters. The van der Waals surface area contributed by atoms with Crippen LogP contribution in [0, 0.1) is 6.92 Å². The fourth-order valence-corrected chi connectivity index (χ4v) is 11.6. The summed E-state index contributed by atoms with van der Waals surface area (Å²) < 4.78 is 19.4. The predicted molar refractivity (Wildman–Crippen MR) is 177 cm³/mol. The Balaban J connectivity index is 1.28. The summed E-state index contributed by atoms with van der Waals surface area (Å²) >= 11 is 1.62. The van der Waals surface area contributed by atoms with Crippen molar-refractivity contribution in [2.24, 2.45) is 0 Å². The number of furan rings is 1. The average Bonchev–Trinajstić information content (AvgIpc) is 3.60. The predicted octanol–water partition coefficient (Wildman–Crippen LogP) is 6.16. The van der Waals surface area contributed by atoms with E-state index in [1.807, 2.05) is 72.6 Å². The van der Waals surface area contributed by atoms with Gasteiger partial charge in [-0.1, -0.05) is 81.4 Å². The first kappa shape index (κ1) is 30.3. The molecule has 5 aromatic rings. The van der Waals surface area contributed by atoms with E-state index in [9.17, 15) is 9.90 Å². The van der Waals surface area contributed by atoms with Crippen LogP contribution in [0.25, 0.3) is 11.0 Å². The van der Waals surface area contributed by atoms with Gasteiger partial charge in [0.1, 0.15) is 29.7 Å². The number of hydrogen-bond acceptors (Lipinski definition) is 7. The molecular weight excluding hydrogens is 589 g/mol. The molecule has 0 saturated carbocycles. The smallest absolute Gasteiger partial charge is 0.323 e. The topological polar surface area (TPSA) is 85.0 Å². The highest BCUT2D eigenvalue weighted by atomic mass is 32.1. The van der Waals surface area contributed by atoms with E-state index >= 15 is 0 Å². The fourth-order valence-electron chi connectivity index (χ4n) is 6.36. The number of aliphatic carboxylic acids is 1. The summed E-state index contributed by atoms with van der Waals surface area (Å²) in [4.78, 5) is 20.3. The molecular formula is C35H38N2O5SSi. The molecule has 0 saturated heterocycles. The fraction of sp³-hybridized carbons (Fsp3) is 0.314. The monoisotopic (exact) mass is 626 g/mol. The minimum Gasteiger partial charge on any atom is -0.488 e. The molecule has 0 amide bonds. The van der Waals surface area contributed by atoms with Gasteiger partial charge in [-0.25, -0.2) is 4.98 Å². The Bertz CT molecular complexity index is 1710. The number of rotatable bonds is 10. The van der Waals surface area contributed by atoms with Crippen LogP contribution in [0.4, 0.5) is 0 Å². The third kappa shape index (κ3) is 5.85. The number of nitrogens with zero attached hydrogens (tertiary/aromatic N) is 2. The summed E-state index contributed by atoms with van der Waals surface area (Å²) in [6.07, 6.45) is 2.47. The molecule has 0 fully saturated rings. The van der Waals surface area contributed by atoms with Crippen molar-refractivity contribution in [3.8, 4) is 5.75 Å². The van der Waals surface area contributed by atoms with Crippen LogP contribution in [0.15, 0.2) is 89.5 Å². The molecule has 6 rings (SSSR count). The van der Waals surface area contributed by atoms with Gasteiger partial charge in [0.2, 0.25) is 0 Å². The third-order valence-electron chi connectivity index (χ3n) is 8.48. The van der Waals surface area contributed by atoms with Crippen molar-refractivity contribution in [1.29, 1.82) is 0 Å². The molecule has 9 heteroatoms. The van der Waals surface area contributed by atoms with Crippen LogP contribution in [0.1, 0.15) is 42.0 Å². The van der Waals surface area contributed by atoms with Crippen molar-refractivity contribution >= 4 is 47.0 Å². The Morgan fingerprint density at radius 3 is 2.34 bits per heavy atom. The molecule has 1 aliphatic heterocycles. The lowest BCUT2D eigenvalue weighted by Gasteiger charge is -2.44. The van der Waals surface area contributed by atoms with Gasteiger partial charge in [0.05, 0.1) is 16.5 Å². The van der Waals surface area contributed by atoms with E-state index in [0.717, 1.165) is 48.3 Å². The van der Waals surface area contributed by atoms with Crippen LogP contribution in [0.2, 0.25) is 5.04 Å². The summed E-state index contributed by atoms with van der Waals surface area (Å²) in [6.45, 7) is 10.2. The number of fused-ring (bicyclic) bond motifs is 3. The number of carbonyl (C=O) groups is 1. The van der Waals surface area contributed by atoms with Crippen molar-refractivity contribution in [3.05, 3.63) is 106 Å². The summed E-state index contributed by atoms with van der Waals surface area (Å²) in [6, 6.07) is 25.7. The second-order valence-electron chi connectivity index (χ2n) is 12.3. The number of carboxylic acids is 1. The largest absolute Gasteiger partial charge is 0.488 e. The van der Waals surface area contributed by atoms with E-state index < -0.39 is 20.3 Å². The zero-order valence-electron chi connectivity index (χ0n) is 25.6. The van der Waals surface area contributed by atoms with Gasteiger partial charge >= 0.3 is 5.97 Å². The first-order valence-electron chi connectivity index (χ1n) is 15.0. The zero-order chi connectivity index (χ0) is 30.9. The van der Waals surface area contributed by atoms with Crippen LogP contribution in [-0.2, 0) is 28.8 Å². The van der Waals surface area contributed by atoms with E-state index in [2.05, 4.69) is 50.0 Å². The van der Waals surface area contributed by atoms with E-state index in [0.29, 0.717) is 26.1 Å². The highest BCUT2D eigenvalue weighted by molar-refractivity contribution is 7.11. The van der Waals surface area contributed by atoms with Crippen LogP contribution in [-0.4, -0.2) is 48.5 Å². The van der Waals surface area contributed by atoms with Crippen LogP contribution in [0.3, 0.4) is 0 Å². The van der Waals surface area contributed by atoms with Crippen molar-refractivity contribution in [1.82, 2.24) is 9.88 Å². The number of aromatic nitrogens is 1. The highest BCUT2D eigenvalue weighted by Crippen LogP contribution is 2.38. The molecule has 0 spiro atoms. The lowest BCUT2D eigenvalue weighted by Crippen LogP contribution is -2.67. The molecule has 1 aliphatic rings. The van der Waals surface area contributed by atoms with E-state index in [1.165, 1.54) is 0 Å². The number of hydrogen-bond donors (Lipinski definition) is 1. The second-order valence-corrected chi connectivity index (χ2v) is 18.0. The lowest BCUT2D eigenvalue weighted by molar-refractivity contribution is -0.145. The molecule has 3 heterocycles. The molecule has 2 aromatic heterocycles. The molecule has 1 atom stereocenters. The van der Waals surface area contributed by atoms with Gasteiger partial charge in [-0.05, 0) is 40.5 Å². The van der Waals surface area contributed by atoms with Crippen LogP contribution >= 0.6 is 11.3 Å². The van der Waals surface area contributed by atoms with Gasteiger partial charge in [-0.3, -0.25) is 9.69 Å². The number of aryl methyl sites for hydroxylation is 1. The zero-order valence-corrected chi connectivity index (χ0v) is 27.4. The maximum Gasteiger partial charge on any atom is 0.323 e. The number of thiazole rings is 1. The summed E-state index contributed by atoms with van der Waals surface area (Å²) in [5.41, 5.74) is 1.80. The molecule has 7 nitrogen and oxygen atoms in total. The molecule has 1 N–H and O–H groups in total. The van der Waals surface area contributed by atoms with Crippen LogP contribution in [0.5, 0.6) is 5.75 Å². The van der Waals surface area contributed by atoms with E-state index in [4.69, 9.17) is 13.6 Å². The normalized spacial score (nSPS) is 14.8. The Kier molecular flexibility index (Phi) is 8.48. The Hall–Kier alpha value is -3.76. The van der Waals surface area contributed by atoms with Gasteiger partial charge < -0.3 is 18.7 Å². The van der Waals surface area contributed by atoms with Crippen molar-refractivity contribution in [2.45, 2.75) is 58.3 Å². The Labute approximate surface area is 263 Å². The minimum atomic E-state index is -2.90. The van der Waals surface area contributed by atoms with Crippen LogP contribution < -0.4 is 15.1 Å². The van der Waals surface area contributed by atoms with E-state index in [1.54, 1.807) is 11.3 Å². The van der Waals surface area contributed by atoms with Crippen molar-refractivity contribution in [2.75, 3.05) is 13.2 Å². The molecule has 3 aromatic carbocycles. The SMILES string of the molecule is Cc1ncc(COc2ccc3oc4c(c3c2)CN([C@@H](CO[Si](c2ccccc2)(c2ccccc2)C(C)(C)C)C(=O)O)CC4)s1. The standard InChI is InChI=1S/C35H38N2O5SSi/c1-24-36-20-26(43-24)22-40-25-15-16-32-29(19-25)30-21-37(18-17-33(30)42-32)31(34(38)39)23-41-44(35(2,3)4,27-11-7-5-8-12-27)28-13-9-6-10-14-28/h5-16,19-20,31H,17-18,21-23H2,1-4H3,(H,38,39)/t31-/m0/s1. The summed E-state index contributed by atoms with van der Waals surface area (Å²) in [7, 11) is -2.90. The van der Waals surface area contributed by atoms with Crippen molar-refractivity contribution in [3.63, 3.8) is 0 Å². The first-order chi connectivity index (χ1) is 21.2. The maximum absolute atomic E-state index is 12.9. The van der Waals surface area contributed by atoms with Gasteiger partial charge in [0, 0.05) is 36.7 Å². The average molecular weight is 627 g/mol. The number of carboxylic acid groups (broad SMARTS) is 1. The quantitative estimate of drug-likeness (QED) is 0.186. The number of ether oxygens (including phenoxy) is 1. The Morgan fingerprint density at radius 2 is 1.75 bits per heavy atom. The number of benzene rings is 3. The molecule has 0 bridgehead atoms. The molecule has 228 valence electrons. The Morgan fingerprint density at radius 1 is 1.07 bits per heavy atom. The molecule has 0 radical (unpaired) electrons. The summed E-state index contributed by atoms with van der Waals surface area (Å²) in [5, 5.41) is 14.5. The van der Waals surface area contributed by atoms with Gasteiger partial charge in [-0.15, -0.1) is 11.3 Å². The first-order valence-corrected chi connectivity index (χ1v) is 17.7. The minimum absolute atomic E-state index is 0.0797. The highest BCUT2D eigenvalue weighted by Gasteiger charge is 2.51. The third-order valence-corrected chi connectivity index (χ3v) is 14.4. The van der Waals surface area contributed by atoms with Gasteiger partial charge in [0.25, 0.3) is 8.32 Å². The van der Waals surface area contributed by atoms with Gasteiger partial charge in [0.15, 0.2) is 0 Å². The van der Waals surface area contributed by atoms with Crippen molar-refractivity contribution < 1.29 is 23.5 Å². The maximum atomic E-state index is 12.9. The molecule has 44 heavy (non-hydrogen) atoms. The summed E-state index contributed by atoms with van der Waals surface area (Å²) in [5.74, 6) is 0.764. The van der Waals surface area contributed by atoms with Gasteiger partial charge in [-0.2, -0.15) is 0 Å².